The Morgan fingerprint density at radius 2 is 1.14 bits per heavy atom. The zero-order valence-electron chi connectivity index (χ0n) is 15.4. The molecule has 0 saturated heterocycles. The van der Waals surface area contributed by atoms with Crippen molar-refractivity contribution in [3.63, 3.8) is 0 Å². The van der Waals surface area contributed by atoms with Crippen molar-refractivity contribution >= 4 is 45.7 Å². The molecule has 138 valence electrons. The maximum atomic E-state index is 13.2. The van der Waals surface area contributed by atoms with Crippen LogP contribution in [0.15, 0.2) is 109 Å². The Balaban J connectivity index is 1.98. The van der Waals surface area contributed by atoms with Crippen LogP contribution in [0.3, 0.4) is 0 Å². The van der Waals surface area contributed by atoms with Crippen molar-refractivity contribution in [3.8, 4) is 0 Å². The molecule has 0 spiro atoms. The largest absolute Gasteiger partial charge is 0.294 e. The lowest BCUT2D eigenvalue weighted by molar-refractivity contribution is -0.111. The third-order valence-corrected chi connectivity index (χ3v) is 9.65. The summed E-state index contributed by atoms with van der Waals surface area (Å²) < 4.78 is 0. The molecular formula is C25H21OPS. The van der Waals surface area contributed by atoms with Gasteiger partial charge in [-0.15, -0.1) is 11.3 Å². The van der Waals surface area contributed by atoms with E-state index >= 15 is 0 Å². The summed E-state index contributed by atoms with van der Waals surface area (Å²) in [5, 5.41) is 5.63. The monoisotopic (exact) mass is 400 g/mol. The molecule has 3 aromatic carbocycles. The van der Waals surface area contributed by atoms with E-state index in [1.165, 1.54) is 15.9 Å². The molecule has 4 rings (SSSR count). The SMILES string of the molecule is O=C(C=P(c1ccccc1)(c1ccccc1)c1ccccc1)Cc1cccs1. The van der Waals surface area contributed by atoms with Gasteiger partial charge in [-0.25, -0.2) is 0 Å². The van der Waals surface area contributed by atoms with Crippen molar-refractivity contribution in [1.82, 2.24) is 0 Å². The first-order valence-electron chi connectivity index (χ1n) is 9.26. The third kappa shape index (κ3) is 3.80. The molecule has 1 aromatic heterocycles. The number of carbonyl (C=O) groups excluding carboxylic acids is 1. The minimum atomic E-state index is -2.20. The molecule has 0 amide bonds. The van der Waals surface area contributed by atoms with Crippen molar-refractivity contribution in [1.29, 1.82) is 0 Å². The lowest BCUT2D eigenvalue weighted by atomic mass is 10.3. The number of thiophene rings is 1. The number of rotatable bonds is 6. The number of ketones is 1. The molecule has 0 saturated carbocycles. The summed E-state index contributed by atoms with van der Waals surface area (Å²) in [6, 6.07) is 35.4. The standard InChI is InChI=1S/C25H21OPS/c26-21(19-25-17-10-18-28-25)20-27(22-11-4-1-5-12-22,23-13-6-2-7-14-23)24-15-8-3-9-16-24/h1-18,20H,19H2. The zero-order chi connectivity index (χ0) is 19.2. The molecule has 3 heteroatoms. The fourth-order valence-electron chi connectivity index (χ4n) is 3.51. The third-order valence-electron chi connectivity index (χ3n) is 4.76. The van der Waals surface area contributed by atoms with Crippen LogP contribution in [-0.2, 0) is 11.2 Å². The second-order valence-corrected chi connectivity index (χ2v) is 10.9. The molecule has 0 unspecified atom stereocenters. The summed E-state index contributed by atoms with van der Waals surface area (Å²) in [6.07, 6.45) is 0.450. The molecule has 0 bridgehead atoms. The molecule has 4 aromatic rings. The lowest BCUT2D eigenvalue weighted by Crippen LogP contribution is -2.28. The van der Waals surface area contributed by atoms with Gasteiger partial charge in [0.2, 0.25) is 0 Å². The Morgan fingerprint density at radius 1 is 0.679 bits per heavy atom. The highest BCUT2D eigenvalue weighted by molar-refractivity contribution is 7.95. The molecule has 0 atom stereocenters. The molecule has 0 aliphatic carbocycles. The lowest BCUT2D eigenvalue weighted by Gasteiger charge is -2.28. The van der Waals surface area contributed by atoms with Crippen LogP contribution < -0.4 is 15.9 Å². The van der Waals surface area contributed by atoms with Crippen LogP contribution in [0.2, 0.25) is 0 Å². The Bertz CT molecular complexity index is 982. The van der Waals surface area contributed by atoms with Gasteiger partial charge in [-0.05, 0) is 40.0 Å². The van der Waals surface area contributed by atoms with Crippen LogP contribution in [0.4, 0.5) is 0 Å². The van der Waals surface area contributed by atoms with E-state index < -0.39 is 6.89 Å². The highest BCUT2D eigenvalue weighted by Gasteiger charge is 2.26. The second kappa shape index (κ2) is 8.56. The quantitative estimate of drug-likeness (QED) is 0.431. The van der Waals surface area contributed by atoms with Gasteiger partial charge < -0.3 is 0 Å². The van der Waals surface area contributed by atoms with Gasteiger partial charge in [0.1, 0.15) is 0 Å². The van der Waals surface area contributed by atoms with Gasteiger partial charge in [0, 0.05) is 11.3 Å². The van der Waals surface area contributed by atoms with Gasteiger partial charge in [-0.1, -0.05) is 97.1 Å². The van der Waals surface area contributed by atoms with Crippen LogP contribution in [0.25, 0.3) is 0 Å². The fraction of sp³-hybridized carbons (Fsp3) is 0.0400. The number of Topliss-reactive ketones (excluding diaryl/α,β-unsaturated/α-hetero) is 1. The smallest absolute Gasteiger partial charge is 0.161 e. The first kappa shape index (κ1) is 18.7. The number of carbonyl (C=O) groups is 1. The van der Waals surface area contributed by atoms with Gasteiger partial charge in [-0.2, -0.15) is 0 Å². The van der Waals surface area contributed by atoms with Crippen molar-refractivity contribution in [3.05, 3.63) is 113 Å². The molecule has 1 nitrogen and oxygen atoms in total. The van der Waals surface area contributed by atoms with Gasteiger partial charge in [0.25, 0.3) is 0 Å². The first-order chi connectivity index (χ1) is 13.8. The summed E-state index contributed by atoms with van der Waals surface area (Å²) in [4.78, 5) is 14.3. The van der Waals surface area contributed by atoms with Crippen molar-refractivity contribution in [2.75, 3.05) is 0 Å². The highest BCUT2D eigenvalue weighted by Crippen LogP contribution is 2.43. The van der Waals surface area contributed by atoms with E-state index in [1.807, 2.05) is 41.5 Å². The van der Waals surface area contributed by atoms with Gasteiger partial charge in [0.05, 0.1) is 0 Å². The Labute approximate surface area is 170 Å². The number of benzene rings is 3. The molecule has 1 heterocycles. The van der Waals surface area contributed by atoms with Gasteiger partial charge in [-0.3, -0.25) is 4.79 Å². The fourth-order valence-corrected chi connectivity index (χ4v) is 8.01. The maximum Gasteiger partial charge on any atom is 0.161 e. The number of hydrogen-bond donors (Lipinski definition) is 0. The Morgan fingerprint density at radius 3 is 1.54 bits per heavy atom. The van der Waals surface area contributed by atoms with E-state index in [9.17, 15) is 4.79 Å². The normalized spacial score (nSPS) is 11.1. The molecule has 0 fully saturated rings. The molecule has 0 aliphatic heterocycles. The van der Waals surface area contributed by atoms with E-state index in [0.29, 0.717) is 6.42 Å². The molecule has 0 N–H and O–H groups in total. The van der Waals surface area contributed by atoms with Crippen LogP contribution >= 0.6 is 18.2 Å². The second-order valence-electron chi connectivity index (χ2n) is 6.58. The van der Waals surface area contributed by atoms with Crippen LogP contribution in [-0.4, -0.2) is 11.6 Å². The Kier molecular flexibility index (Phi) is 5.71. The first-order valence-corrected chi connectivity index (χ1v) is 12.0. The van der Waals surface area contributed by atoms with Gasteiger partial charge in [0.15, 0.2) is 5.78 Å². The predicted molar refractivity (Wildman–Crippen MR) is 124 cm³/mol. The summed E-state index contributed by atoms with van der Waals surface area (Å²) in [6.45, 7) is -2.20. The molecular weight excluding hydrogens is 379 g/mol. The summed E-state index contributed by atoms with van der Waals surface area (Å²) in [5.41, 5.74) is 0. The van der Waals surface area contributed by atoms with Crippen LogP contribution in [0, 0.1) is 0 Å². The molecule has 28 heavy (non-hydrogen) atoms. The average molecular weight is 400 g/mol. The summed E-state index contributed by atoms with van der Waals surface area (Å²) in [5.74, 6) is 2.19. The summed E-state index contributed by atoms with van der Waals surface area (Å²) in [7, 11) is 0. The topological polar surface area (TPSA) is 17.1 Å². The molecule has 0 radical (unpaired) electrons. The van der Waals surface area contributed by atoms with Crippen LogP contribution in [0.5, 0.6) is 0 Å². The zero-order valence-corrected chi connectivity index (χ0v) is 17.2. The van der Waals surface area contributed by atoms with E-state index in [0.717, 1.165) is 4.88 Å². The van der Waals surface area contributed by atoms with Crippen molar-refractivity contribution in [2.24, 2.45) is 0 Å². The predicted octanol–water partition coefficient (Wildman–Crippen LogP) is 4.66. The van der Waals surface area contributed by atoms with Gasteiger partial charge >= 0.3 is 0 Å². The van der Waals surface area contributed by atoms with Crippen LogP contribution in [0.1, 0.15) is 4.88 Å². The summed E-state index contributed by atoms with van der Waals surface area (Å²) >= 11 is 1.64. The van der Waals surface area contributed by atoms with E-state index in [4.69, 9.17) is 0 Å². The van der Waals surface area contributed by atoms with Crippen molar-refractivity contribution in [2.45, 2.75) is 6.42 Å². The minimum Gasteiger partial charge on any atom is -0.294 e. The van der Waals surface area contributed by atoms with E-state index in [1.54, 1.807) is 11.3 Å². The maximum absolute atomic E-state index is 13.2. The van der Waals surface area contributed by atoms with E-state index in [-0.39, 0.29) is 5.78 Å². The Hall–Kier alpha value is -2.67. The molecule has 0 aliphatic rings. The van der Waals surface area contributed by atoms with Crippen molar-refractivity contribution < 1.29 is 4.79 Å². The highest BCUT2D eigenvalue weighted by atomic mass is 32.1. The minimum absolute atomic E-state index is 0.173. The number of hydrogen-bond acceptors (Lipinski definition) is 2. The van der Waals surface area contributed by atoms with E-state index in [2.05, 4.69) is 72.8 Å². The average Bonchev–Trinajstić information content (AvgIpc) is 3.27.